The number of ether oxygens (including phenoxy) is 1. The second-order valence-electron chi connectivity index (χ2n) is 2.72. The van der Waals surface area contributed by atoms with Gasteiger partial charge in [-0.3, -0.25) is 5.10 Å². The third-order valence-corrected chi connectivity index (χ3v) is 2.55. The second-order valence-corrected chi connectivity index (χ2v) is 3.51. The molecule has 0 aliphatic carbocycles. The Kier molecular flexibility index (Phi) is 2.43. The van der Waals surface area contributed by atoms with Gasteiger partial charge >= 0.3 is 0 Å². The molecule has 0 saturated carbocycles. The molecule has 0 spiro atoms. The van der Waals surface area contributed by atoms with Crippen LogP contribution in [0, 0.1) is 0 Å². The first kappa shape index (κ1) is 8.22. The van der Waals surface area contributed by atoms with Gasteiger partial charge in [-0.2, -0.15) is 5.10 Å². The number of aromatic nitrogens is 2. The predicted octanol–water partition coefficient (Wildman–Crippen LogP) is 0.833. The van der Waals surface area contributed by atoms with Crippen molar-refractivity contribution in [2.75, 3.05) is 19.8 Å². The van der Waals surface area contributed by atoms with Gasteiger partial charge in [-0.05, 0) is 15.9 Å². The van der Waals surface area contributed by atoms with Crippen LogP contribution in [0.25, 0.3) is 0 Å². The van der Waals surface area contributed by atoms with E-state index in [-0.39, 0.29) is 6.04 Å². The van der Waals surface area contributed by atoms with Crippen molar-refractivity contribution in [3.05, 3.63) is 16.4 Å². The van der Waals surface area contributed by atoms with E-state index in [1.54, 1.807) is 0 Å². The minimum atomic E-state index is 0.270. The molecule has 2 heterocycles. The Morgan fingerprint density at radius 1 is 1.67 bits per heavy atom. The van der Waals surface area contributed by atoms with Crippen LogP contribution >= 0.6 is 15.9 Å². The fourth-order valence-corrected chi connectivity index (χ4v) is 1.77. The number of hydrogen-bond donors (Lipinski definition) is 2. The molecule has 66 valence electrons. The molecular formula is C7H10BrN3O. The molecule has 2 rings (SSSR count). The molecule has 1 aromatic rings. The van der Waals surface area contributed by atoms with Gasteiger partial charge in [-0.25, -0.2) is 0 Å². The summed E-state index contributed by atoms with van der Waals surface area (Å²) < 4.78 is 6.27. The minimum absolute atomic E-state index is 0.270. The van der Waals surface area contributed by atoms with Gasteiger partial charge in [0.25, 0.3) is 0 Å². The highest BCUT2D eigenvalue weighted by Crippen LogP contribution is 2.21. The third kappa shape index (κ3) is 1.53. The van der Waals surface area contributed by atoms with E-state index in [2.05, 4.69) is 31.4 Å². The van der Waals surface area contributed by atoms with Crippen LogP contribution in [0.2, 0.25) is 0 Å². The zero-order valence-electron chi connectivity index (χ0n) is 6.51. The highest BCUT2D eigenvalue weighted by atomic mass is 79.9. The van der Waals surface area contributed by atoms with Crippen LogP contribution in [0.5, 0.6) is 0 Å². The Morgan fingerprint density at radius 3 is 3.17 bits per heavy atom. The first-order chi connectivity index (χ1) is 5.88. The van der Waals surface area contributed by atoms with Crippen LogP contribution in [0.4, 0.5) is 0 Å². The maximum absolute atomic E-state index is 5.34. The van der Waals surface area contributed by atoms with Crippen molar-refractivity contribution in [3.63, 3.8) is 0 Å². The summed E-state index contributed by atoms with van der Waals surface area (Å²) in [6, 6.07) is 0.270. The number of aromatic amines is 1. The summed E-state index contributed by atoms with van der Waals surface area (Å²) in [5.74, 6) is 0. The van der Waals surface area contributed by atoms with Gasteiger partial charge in [-0.15, -0.1) is 0 Å². The zero-order chi connectivity index (χ0) is 8.39. The Bertz CT molecular complexity index is 257. The zero-order valence-corrected chi connectivity index (χ0v) is 8.10. The smallest absolute Gasteiger partial charge is 0.105 e. The molecule has 1 aliphatic rings. The second kappa shape index (κ2) is 3.55. The minimum Gasteiger partial charge on any atom is -0.378 e. The summed E-state index contributed by atoms with van der Waals surface area (Å²) in [7, 11) is 0. The van der Waals surface area contributed by atoms with Crippen molar-refractivity contribution in [3.8, 4) is 0 Å². The van der Waals surface area contributed by atoms with Gasteiger partial charge in [0.1, 0.15) is 4.60 Å². The molecule has 12 heavy (non-hydrogen) atoms. The van der Waals surface area contributed by atoms with Crippen molar-refractivity contribution in [2.45, 2.75) is 6.04 Å². The van der Waals surface area contributed by atoms with Crippen LogP contribution in [0.3, 0.4) is 0 Å². The molecule has 1 saturated heterocycles. The fourth-order valence-electron chi connectivity index (χ4n) is 1.29. The van der Waals surface area contributed by atoms with Gasteiger partial charge in [0.2, 0.25) is 0 Å². The van der Waals surface area contributed by atoms with Crippen molar-refractivity contribution >= 4 is 15.9 Å². The van der Waals surface area contributed by atoms with E-state index in [9.17, 15) is 0 Å². The number of nitrogens with zero attached hydrogens (tertiary/aromatic N) is 1. The quantitative estimate of drug-likeness (QED) is 0.754. The van der Waals surface area contributed by atoms with Gasteiger partial charge in [0.05, 0.1) is 25.5 Å². The lowest BCUT2D eigenvalue weighted by molar-refractivity contribution is 0.0767. The van der Waals surface area contributed by atoms with Crippen molar-refractivity contribution in [2.24, 2.45) is 0 Å². The third-order valence-electron chi connectivity index (χ3n) is 1.92. The maximum Gasteiger partial charge on any atom is 0.105 e. The summed E-state index contributed by atoms with van der Waals surface area (Å²) in [4.78, 5) is 0. The van der Waals surface area contributed by atoms with Gasteiger partial charge in [-0.1, -0.05) is 0 Å². The number of morpholine rings is 1. The molecule has 1 aromatic heterocycles. The molecule has 0 radical (unpaired) electrons. The molecule has 1 fully saturated rings. The molecule has 1 unspecified atom stereocenters. The highest BCUT2D eigenvalue weighted by Gasteiger charge is 2.18. The topological polar surface area (TPSA) is 49.9 Å². The SMILES string of the molecule is Brc1[nH]ncc1C1COCCN1. The van der Waals surface area contributed by atoms with Crippen LogP contribution < -0.4 is 5.32 Å². The standard InChI is InChI=1S/C7H10BrN3O/c8-7-5(3-10-11-7)6-4-12-2-1-9-6/h3,6,9H,1-2,4H2,(H,10,11). The number of hydrogen-bond acceptors (Lipinski definition) is 3. The first-order valence-electron chi connectivity index (χ1n) is 3.88. The van der Waals surface area contributed by atoms with Gasteiger partial charge in [0, 0.05) is 12.1 Å². The summed E-state index contributed by atoms with van der Waals surface area (Å²) in [6.45, 7) is 2.42. The largest absolute Gasteiger partial charge is 0.378 e. The average molecular weight is 232 g/mol. The van der Waals surface area contributed by atoms with E-state index >= 15 is 0 Å². The molecule has 1 aliphatic heterocycles. The van der Waals surface area contributed by atoms with Crippen molar-refractivity contribution < 1.29 is 4.74 Å². The van der Waals surface area contributed by atoms with Crippen LogP contribution in [-0.4, -0.2) is 30.0 Å². The maximum atomic E-state index is 5.34. The lowest BCUT2D eigenvalue weighted by Gasteiger charge is -2.22. The number of H-pyrrole nitrogens is 1. The predicted molar refractivity (Wildman–Crippen MR) is 47.9 cm³/mol. The molecular weight excluding hydrogens is 222 g/mol. The van der Waals surface area contributed by atoms with Gasteiger partial charge < -0.3 is 10.1 Å². The van der Waals surface area contributed by atoms with Gasteiger partial charge in [0.15, 0.2) is 0 Å². The van der Waals surface area contributed by atoms with E-state index in [1.165, 1.54) is 0 Å². The lowest BCUT2D eigenvalue weighted by Crippen LogP contribution is -2.34. The van der Waals surface area contributed by atoms with E-state index in [0.29, 0.717) is 0 Å². The summed E-state index contributed by atoms with van der Waals surface area (Å²) >= 11 is 3.39. The molecule has 5 heteroatoms. The van der Waals surface area contributed by atoms with Crippen LogP contribution in [-0.2, 0) is 4.74 Å². The monoisotopic (exact) mass is 231 g/mol. The molecule has 1 atom stereocenters. The number of nitrogens with one attached hydrogen (secondary N) is 2. The lowest BCUT2D eigenvalue weighted by atomic mass is 10.1. The van der Waals surface area contributed by atoms with Crippen LogP contribution in [0.1, 0.15) is 11.6 Å². The summed E-state index contributed by atoms with van der Waals surface area (Å²) in [6.07, 6.45) is 1.82. The van der Waals surface area contributed by atoms with E-state index in [0.717, 1.165) is 29.9 Å². The van der Waals surface area contributed by atoms with Crippen molar-refractivity contribution in [1.82, 2.24) is 15.5 Å². The normalized spacial score (nSPS) is 24.2. The fraction of sp³-hybridized carbons (Fsp3) is 0.571. The Hall–Kier alpha value is -0.390. The number of halogens is 1. The number of rotatable bonds is 1. The molecule has 4 nitrogen and oxygen atoms in total. The Morgan fingerprint density at radius 2 is 2.58 bits per heavy atom. The molecule has 2 N–H and O–H groups in total. The Balaban J connectivity index is 2.13. The summed E-state index contributed by atoms with van der Waals surface area (Å²) in [5.41, 5.74) is 1.13. The summed E-state index contributed by atoms with van der Waals surface area (Å²) in [5, 5.41) is 10.1. The van der Waals surface area contributed by atoms with Crippen LogP contribution in [0.15, 0.2) is 10.8 Å². The molecule has 0 aromatic carbocycles. The van der Waals surface area contributed by atoms with E-state index < -0.39 is 0 Å². The van der Waals surface area contributed by atoms with E-state index in [4.69, 9.17) is 4.74 Å². The highest BCUT2D eigenvalue weighted by molar-refractivity contribution is 9.10. The van der Waals surface area contributed by atoms with Crippen molar-refractivity contribution in [1.29, 1.82) is 0 Å². The first-order valence-corrected chi connectivity index (χ1v) is 4.67. The average Bonchev–Trinajstić information content (AvgIpc) is 2.53. The molecule has 0 bridgehead atoms. The van der Waals surface area contributed by atoms with E-state index in [1.807, 2.05) is 6.20 Å². The Labute approximate surface area is 78.8 Å². The molecule has 0 amide bonds.